The van der Waals surface area contributed by atoms with Crippen LogP contribution in [0, 0.1) is 12.7 Å². The molecular weight excluding hydrogens is 321 g/mol. The van der Waals surface area contributed by atoms with E-state index in [9.17, 15) is 4.39 Å². The van der Waals surface area contributed by atoms with Crippen LogP contribution in [0.1, 0.15) is 18.1 Å². The predicted octanol–water partition coefficient (Wildman–Crippen LogP) is 4.58. The second kappa shape index (κ2) is 6.37. The van der Waals surface area contributed by atoms with Crippen molar-refractivity contribution in [3.05, 3.63) is 57.8 Å². The summed E-state index contributed by atoms with van der Waals surface area (Å²) < 4.78 is 20.6. The molecule has 2 aromatic rings. The summed E-state index contributed by atoms with van der Waals surface area (Å²) in [7, 11) is 0. The summed E-state index contributed by atoms with van der Waals surface area (Å²) in [5.41, 5.74) is 7.68. The van der Waals surface area contributed by atoms with Crippen molar-refractivity contribution < 1.29 is 9.13 Å². The number of ether oxygens (including phenoxy) is 1. The number of benzene rings is 2. The summed E-state index contributed by atoms with van der Waals surface area (Å²) in [6.45, 7) is 3.87. The zero-order valence-electron chi connectivity index (χ0n) is 11.5. The molecule has 0 radical (unpaired) electrons. The van der Waals surface area contributed by atoms with Crippen molar-refractivity contribution >= 4 is 15.9 Å². The molecule has 2 nitrogen and oxygen atoms in total. The zero-order valence-corrected chi connectivity index (χ0v) is 13.1. The number of nitrogens with two attached hydrogens (primary N) is 1. The fourth-order valence-electron chi connectivity index (χ4n) is 1.97. The third-order valence-electron chi connectivity index (χ3n) is 2.89. The highest BCUT2D eigenvalue weighted by atomic mass is 79.9. The number of hydrogen-bond donors (Lipinski definition) is 1. The highest BCUT2D eigenvalue weighted by molar-refractivity contribution is 9.10. The van der Waals surface area contributed by atoms with E-state index in [2.05, 4.69) is 15.9 Å². The molecule has 0 aliphatic rings. The first-order valence-electron chi connectivity index (χ1n) is 6.44. The van der Waals surface area contributed by atoms with Crippen molar-refractivity contribution in [1.82, 2.24) is 0 Å². The molecule has 20 heavy (non-hydrogen) atoms. The number of aryl methyl sites for hydroxylation is 1. The van der Waals surface area contributed by atoms with Crippen molar-refractivity contribution in [2.75, 3.05) is 0 Å². The quantitative estimate of drug-likeness (QED) is 0.886. The molecule has 0 aliphatic heterocycles. The fourth-order valence-corrected chi connectivity index (χ4v) is 2.55. The Morgan fingerprint density at radius 2 is 2.05 bits per heavy atom. The first-order valence-corrected chi connectivity index (χ1v) is 7.23. The molecule has 1 atom stereocenters. The van der Waals surface area contributed by atoms with E-state index in [1.54, 1.807) is 6.07 Å². The average Bonchev–Trinajstić information content (AvgIpc) is 2.35. The standard InChI is InChI=1S/C16H17BrFNO/c1-10-6-7-15(13(17)8-10)20-16-12(9-11(2)19)4-3-5-14(16)18/h3-8,11H,9,19H2,1-2H3. The van der Waals surface area contributed by atoms with Gasteiger partial charge in [0.25, 0.3) is 0 Å². The SMILES string of the molecule is Cc1ccc(Oc2c(F)cccc2CC(C)N)c(Br)c1. The molecule has 2 rings (SSSR count). The summed E-state index contributed by atoms with van der Waals surface area (Å²) in [5, 5.41) is 0. The lowest BCUT2D eigenvalue weighted by Gasteiger charge is -2.14. The first kappa shape index (κ1) is 15.0. The van der Waals surface area contributed by atoms with E-state index >= 15 is 0 Å². The van der Waals surface area contributed by atoms with Gasteiger partial charge in [0.05, 0.1) is 4.47 Å². The van der Waals surface area contributed by atoms with E-state index in [1.807, 2.05) is 38.1 Å². The largest absolute Gasteiger partial charge is 0.453 e. The highest BCUT2D eigenvalue weighted by Gasteiger charge is 2.13. The topological polar surface area (TPSA) is 35.2 Å². The highest BCUT2D eigenvalue weighted by Crippen LogP contribution is 2.34. The Hall–Kier alpha value is -1.39. The Morgan fingerprint density at radius 1 is 1.30 bits per heavy atom. The minimum atomic E-state index is -0.379. The Balaban J connectivity index is 2.37. The zero-order chi connectivity index (χ0) is 14.7. The molecule has 0 fully saturated rings. The van der Waals surface area contributed by atoms with Crippen LogP contribution >= 0.6 is 15.9 Å². The lowest BCUT2D eigenvalue weighted by molar-refractivity contribution is 0.432. The summed E-state index contributed by atoms with van der Waals surface area (Å²) in [5.74, 6) is 0.455. The summed E-state index contributed by atoms with van der Waals surface area (Å²) >= 11 is 3.43. The Kier molecular flexibility index (Phi) is 4.78. The number of hydrogen-bond acceptors (Lipinski definition) is 2. The van der Waals surface area contributed by atoms with E-state index in [4.69, 9.17) is 10.5 Å². The van der Waals surface area contributed by atoms with Crippen molar-refractivity contribution in [3.8, 4) is 11.5 Å². The van der Waals surface area contributed by atoms with Crippen LogP contribution in [-0.4, -0.2) is 6.04 Å². The molecule has 0 bridgehead atoms. The number of para-hydroxylation sites is 1. The summed E-state index contributed by atoms with van der Waals surface area (Å²) in [4.78, 5) is 0. The average molecular weight is 338 g/mol. The van der Waals surface area contributed by atoms with Gasteiger partial charge in [-0.05, 0) is 65.5 Å². The molecule has 0 heterocycles. The van der Waals surface area contributed by atoms with Crippen molar-refractivity contribution in [2.45, 2.75) is 26.3 Å². The smallest absolute Gasteiger partial charge is 0.166 e. The molecule has 106 valence electrons. The Labute approximate surface area is 126 Å². The van der Waals surface area contributed by atoms with Gasteiger partial charge in [-0.25, -0.2) is 4.39 Å². The van der Waals surface area contributed by atoms with E-state index < -0.39 is 0 Å². The molecule has 0 aromatic heterocycles. The van der Waals surface area contributed by atoms with Crippen LogP contribution in [0.15, 0.2) is 40.9 Å². The Bertz CT molecular complexity index is 613. The van der Waals surface area contributed by atoms with Gasteiger partial charge in [0.2, 0.25) is 0 Å². The van der Waals surface area contributed by atoms with Crippen LogP contribution in [0.5, 0.6) is 11.5 Å². The third-order valence-corrected chi connectivity index (χ3v) is 3.51. The minimum Gasteiger partial charge on any atom is -0.453 e. The van der Waals surface area contributed by atoms with E-state index in [0.717, 1.165) is 15.6 Å². The van der Waals surface area contributed by atoms with Gasteiger partial charge in [-0.2, -0.15) is 0 Å². The van der Waals surface area contributed by atoms with Crippen molar-refractivity contribution in [2.24, 2.45) is 5.73 Å². The molecule has 2 N–H and O–H groups in total. The van der Waals surface area contributed by atoms with Crippen molar-refractivity contribution in [3.63, 3.8) is 0 Å². The van der Waals surface area contributed by atoms with Gasteiger partial charge in [0.1, 0.15) is 5.75 Å². The van der Waals surface area contributed by atoms with Crippen LogP contribution in [0.2, 0.25) is 0 Å². The van der Waals surface area contributed by atoms with Crippen LogP contribution in [0.4, 0.5) is 4.39 Å². The van der Waals surface area contributed by atoms with Gasteiger partial charge in [-0.1, -0.05) is 18.2 Å². The fraction of sp³-hybridized carbons (Fsp3) is 0.250. The second-order valence-electron chi connectivity index (χ2n) is 4.95. The van der Waals surface area contributed by atoms with Gasteiger partial charge < -0.3 is 10.5 Å². The molecule has 0 aliphatic carbocycles. The van der Waals surface area contributed by atoms with Crippen LogP contribution in [-0.2, 0) is 6.42 Å². The minimum absolute atomic E-state index is 0.0550. The van der Waals surface area contributed by atoms with Gasteiger partial charge in [0, 0.05) is 6.04 Å². The van der Waals surface area contributed by atoms with Gasteiger partial charge in [-0.3, -0.25) is 0 Å². The lowest BCUT2D eigenvalue weighted by atomic mass is 10.1. The van der Waals surface area contributed by atoms with Gasteiger partial charge >= 0.3 is 0 Å². The molecule has 0 amide bonds. The van der Waals surface area contributed by atoms with Crippen LogP contribution < -0.4 is 10.5 Å². The van der Waals surface area contributed by atoms with Crippen molar-refractivity contribution in [1.29, 1.82) is 0 Å². The third kappa shape index (κ3) is 3.58. The van der Waals surface area contributed by atoms with Crippen LogP contribution in [0.3, 0.4) is 0 Å². The van der Waals surface area contributed by atoms with E-state index in [0.29, 0.717) is 12.2 Å². The monoisotopic (exact) mass is 337 g/mol. The molecular formula is C16H17BrFNO. The maximum absolute atomic E-state index is 14.0. The number of halogens is 2. The molecule has 4 heteroatoms. The summed E-state index contributed by atoms with van der Waals surface area (Å²) in [6, 6.07) is 10.5. The number of rotatable bonds is 4. The van der Waals surface area contributed by atoms with E-state index in [-0.39, 0.29) is 17.6 Å². The maximum atomic E-state index is 14.0. The molecule has 2 aromatic carbocycles. The normalized spacial score (nSPS) is 12.2. The molecule has 0 saturated carbocycles. The maximum Gasteiger partial charge on any atom is 0.166 e. The lowest BCUT2D eigenvalue weighted by Crippen LogP contribution is -2.18. The van der Waals surface area contributed by atoms with Crippen LogP contribution in [0.25, 0.3) is 0 Å². The van der Waals surface area contributed by atoms with E-state index in [1.165, 1.54) is 6.07 Å². The molecule has 0 spiro atoms. The predicted molar refractivity (Wildman–Crippen MR) is 82.7 cm³/mol. The van der Waals surface area contributed by atoms with Gasteiger partial charge in [0.15, 0.2) is 11.6 Å². The summed E-state index contributed by atoms with van der Waals surface area (Å²) in [6.07, 6.45) is 0.566. The first-order chi connectivity index (χ1) is 9.47. The second-order valence-corrected chi connectivity index (χ2v) is 5.80. The van der Waals surface area contributed by atoms with Gasteiger partial charge in [-0.15, -0.1) is 0 Å². The Morgan fingerprint density at radius 3 is 2.70 bits per heavy atom. The molecule has 0 saturated heterocycles. The molecule has 1 unspecified atom stereocenters.